The Kier molecular flexibility index (Phi) is 9.10. The van der Waals surface area contributed by atoms with Crippen LogP contribution in [0.3, 0.4) is 0 Å². The lowest BCUT2D eigenvalue weighted by Gasteiger charge is -2.36. The van der Waals surface area contributed by atoms with Crippen LogP contribution in [0.25, 0.3) is 11.3 Å². The predicted octanol–water partition coefficient (Wildman–Crippen LogP) is 2.60. The van der Waals surface area contributed by atoms with Crippen molar-refractivity contribution in [1.29, 1.82) is 0 Å². The summed E-state index contributed by atoms with van der Waals surface area (Å²) in [6.07, 6.45) is 0. The monoisotopic (exact) mass is 519 g/mol. The van der Waals surface area contributed by atoms with Crippen LogP contribution < -0.4 is 14.4 Å². The topological polar surface area (TPSA) is 97.3 Å². The molecule has 10 heteroatoms. The fourth-order valence-electron chi connectivity index (χ4n) is 4.23. The molecule has 2 aromatic carbocycles. The van der Waals surface area contributed by atoms with Gasteiger partial charge in [-0.3, -0.25) is 9.59 Å². The minimum atomic E-state index is -0.219. The number of rotatable bonds is 10. The molecule has 200 valence electrons. The average Bonchev–Trinajstić information content (AvgIpc) is 2.99. The largest absolute Gasteiger partial charge is 0.497 e. The van der Waals surface area contributed by atoms with E-state index in [-0.39, 0.29) is 18.4 Å². The first-order valence-corrected chi connectivity index (χ1v) is 12.5. The van der Waals surface area contributed by atoms with Crippen LogP contribution in [0.15, 0.2) is 60.7 Å². The Morgan fingerprint density at radius 2 is 1.45 bits per heavy atom. The first kappa shape index (κ1) is 26.9. The Labute approximate surface area is 222 Å². The molecule has 4 rings (SSSR count). The van der Waals surface area contributed by atoms with Crippen LogP contribution >= 0.6 is 0 Å². The van der Waals surface area contributed by atoms with Crippen molar-refractivity contribution in [2.75, 3.05) is 72.1 Å². The van der Waals surface area contributed by atoms with Gasteiger partial charge in [-0.15, -0.1) is 10.2 Å². The number of carbonyl (C=O) groups excluding carboxylic acids is 2. The molecule has 2 heterocycles. The fraction of sp³-hybridized carbons (Fsp3) is 0.357. The van der Waals surface area contributed by atoms with Gasteiger partial charge in [0.1, 0.15) is 18.0 Å². The maximum Gasteiger partial charge on any atom is 0.254 e. The SMILES string of the molecule is COCCN(CC(=O)N1CCN(c2ccc(-c3ccc(OC)cc3)nn2)CC1)C(=O)c1ccc(OC)cc1. The highest BCUT2D eigenvalue weighted by molar-refractivity contribution is 5.96. The molecular weight excluding hydrogens is 486 g/mol. The van der Waals surface area contributed by atoms with Crippen LogP contribution in [0, 0.1) is 0 Å². The quantitative estimate of drug-likeness (QED) is 0.403. The summed E-state index contributed by atoms with van der Waals surface area (Å²) in [7, 11) is 4.78. The number of nitrogens with zero attached hydrogens (tertiary/aromatic N) is 5. The van der Waals surface area contributed by atoms with Crippen LogP contribution in [0.1, 0.15) is 10.4 Å². The number of hydrogen-bond acceptors (Lipinski definition) is 8. The molecule has 1 aliphatic heterocycles. The zero-order chi connectivity index (χ0) is 26.9. The average molecular weight is 520 g/mol. The minimum absolute atomic E-state index is 0.00934. The van der Waals surface area contributed by atoms with Gasteiger partial charge in [0.15, 0.2) is 5.82 Å². The van der Waals surface area contributed by atoms with E-state index in [1.54, 1.807) is 50.5 Å². The van der Waals surface area contributed by atoms with E-state index in [1.807, 2.05) is 36.4 Å². The van der Waals surface area contributed by atoms with Crippen molar-refractivity contribution in [2.45, 2.75) is 0 Å². The Hall–Kier alpha value is -4.18. The number of aromatic nitrogens is 2. The van der Waals surface area contributed by atoms with E-state index in [2.05, 4.69) is 15.1 Å². The summed E-state index contributed by atoms with van der Waals surface area (Å²) >= 11 is 0. The Bertz CT molecular complexity index is 1190. The molecule has 0 atom stereocenters. The molecule has 2 amide bonds. The van der Waals surface area contributed by atoms with Crippen molar-refractivity contribution in [2.24, 2.45) is 0 Å². The number of carbonyl (C=O) groups is 2. The van der Waals surface area contributed by atoms with E-state index < -0.39 is 0 Å². The molecule has 0 aliphatic carbocycles. The summed E-state index contributed by atoms with van der Waals surface area (Å²) in [5.74, 6) is 1.91. The van der Waals surface area contributed by atoms with Gasteiger partial charge in [0.05, 0.1) is 26.5 Å². The van der Waals surface area contributed by atoms with Gasteiger partial charge in [-0.1, -0.05) is 0 Å². The zero-order valence-corrected chi connectivity index (χ0v) is 22.0. The van der Waals surface area contributed by atoms with Gasteiger partial charge in [0.25, 0.3) is 5.91 Å². The lowest BCUT2D eigenvalue weighted by Crippen LogP contribution is -2.52. The van der Waals surface area contributed by atoms with Crippen molar-refractivity contribution in [3.8, 4) is 22.8 Å². The maximum absolute atomic E-state index is 13.1. The Morgan fingerprint density at radius 3 is 2.00 bits per heavy atom. The van der Waals surface area contributed by atoms with E-state index in [0.29, 0.717) is 50.6 Å². The van der Waals surface area contributed by atoms with Crippen LogP contribution in [-0.2, 0) is 9.53 Å². The van der Waals surface area contributed by atoms with E-state index in [0.717, 1.165) is 22.8 Å². The van der Waals surface area contributed by atoms with Gasteiger partial charge in [0, 0.05) is 51.0 Å². The molecular formula is C28H33N5O5. The highest BCUT2D eigenvalue weighted by Crippen LogP contribution is 2.22. The summed E-state index contributed by atoms with van der Waals surface area (Å²) < 4.78 is 15.5. The second kappa shape index (κ2) is 12.9. The molecule has 1 fully saturated rings. The highest BCUT2D eigenvalue weighted by Gasteiger charge is 2.26. The maximum atomic E-state index is 13.1. The van der Waals surface area contributed by atoms with E-state index >= 15 is 0 Å². The molecule has 0 N–H and O–H groups in total. The summed E-state index contributed by atoms with van der Waals surface area (Å²) in [5.41, 5.74) is 2.24. The number of benzene rings is 2. The Morgan fingerprint density at radius 1 is 0.816 bits per heavy atom. The van der Waals surface area contributed by atoms with E-state index in [9.17, 15) is 9.59 Å². The van der Waals surface area contributed by atoms with Gasteiger partial charge in [-0.05, 0) is 60.7 Å². The summed E-state index contributed by atoms with van der Waals surface area (Å²) in [5, 5.41) is 8.79. The number of piperazine rings is 1. The number of anilines is 1. The molecule has 0 unspecified atom stereocenters. The van der Waals surface area contributed by atoms with Crippen molar-refractivity contribution in [1.82, 2.24) is 20.0 Å². The molecule has 38 heavy (non-hydrogen) atoms. The molecule has 3 aromatic rings. The molecule has 1 aromatic heterocycles. The Balaban J connectivity index is 1.33. The third kappa shape index (κ3) is 6.57. The molecule has 0 radical (unpaired) electrons. The molecule has 0 spiro atoms. The van der Waals surface area contributed by atoms with E-state index in [4.69, 9.17) is 14.2 Å². The first-order valence-electron chi connectivity index (χ1n) is 12.5. The van der Waals surface area contributed by atoms with Crippen molar-refractivity contribution in [3.05, 3.63) is 66.2 Å². The van der Waals surface area contributed by atoms with Gasteiger partial charge in [-0.2, -0.15) is 0 Å². The molecule has 0 bridgehead atoms. The number of hydrogen-bond donors (Lipinski definition) is 0. The van der Waals surface area contributed by atoms with Gasteiger partial charge in [-0.25, -0.2) is 0 Å². The third-order valence-electron chi connectivity index (χ3n) is 6.51. The van der Waals surface area contributed by atoms with Crippen molar-refractivity contribution >= 4 is 17.6 Å². The zero-order valence-electron chi connectivity index (χ0n) is 22.0. The van der Waals surface area contributed by atoms with Crippen LogP contribution in [0.4, 0.5) is 5.82 Å². The normalized spacial score (nSPS) is 13.2. The van der Waals surface area contributed by atoms with Gasteiger partial charge < -0.3 is 28.9 Å². The minimum Gasteiger partial charge on any atom is -0.497 e. The third-order valence-corrected chi connectivity index (χ3v) is 6.51. The van der Waals surface area contributed by atoms with Crippen LogP contribution in [0.5, 0.6) is 11.5 Å². The van der Waals surface area contributed by atoms with Gasteiger partial charge in [0.2, 0.25) is 5.91 Å². The van der Waals surface area contributed by atoms with Gasteiger partial charge >= 0.3 is 0 Å². The standard InChI is InChI=1S/C28H33N5O5/c1-36-19-18-33(28(35)22-6-10-24(38-3)11-7-22)20-27(34)32-16-14-31(15-17-32)26-13-12-25(29-30-26)21-4-8-23(37-2)9-5-21/h4-13H,14-20H2,1-3H3. The van der Waals surface area contributed by atoms with Crippen LogP contribution in [0.2, 0.25) is 0 Å². The van der Waals surface area contributed by atoms with Crippen molar-refractivity contribution < 1.29 is 23.8 Å². The molecule has 1 aliphatic rings. The second-order valence-corrected chi connectivity index (χ2v) is 8.82. The summed E-state index contributed by atoms with van der Waals surface area (Å²) in [4.78, 5) is 31.6. The van der Waals surface area contributed by atoms with E-state index in [1.165, 1.54) is 4.90 Å². The lowest BCUT2D eigenvalue weighted by atomic mass is 10.1. The lowest BCUT2D eigenvalue weighted by molar-refractivity contribution is -0.132. The fourth-order valence-corrected chi connectivity index (χ4v) is 4.23. The number of ether oxygens (including phenoxy) is 3. The molecule has 0 saturated carbocycles. The first-order chi connectivity index (χ1) is 18.5. The van der Waals surface area contributed by atoms with Crippen molar-refractivity contribution in [3.63, 3.8) is 0 Å². The number of amides is 2. The second-order valence-electron chi connectivity index (χ2n) is 8.82. The molecule has 1 saturated heterocycles. The highest BCUT2D eigenvalue weighted by atomic mass is 16.5. The summed E-state index contributed by atoms with van der Waals surface area (Å²) in [6.45, 7) is 2.99. The predicted molar refractivity (Wildman–Crippen MR) is 144 cm³/mol. The smallest absolute Gasteiger partial charge is 0.254 e. The molecule has 10 nitrogen and oxygen atoms in total. The summed E-state index contributed by atoms with van der Waals surface area (Å²) in [6, 6.07) is 18.4. The number of methoxy groups -OCH3 is 3. The van der Waals surface area contributed by atoms with Crippen LogP contribution in [-0.4, -0.2) is 99.0 Å².